The number of carbonyl (C=O) groups is 4. The van der Waals surface area contributed by atoms with Gasteiger partial charge >= 0.3 is 11.9 Å². The number of benzene rings is 1. The lowest BCUT2D eigenvalue weighted by Gasteiger charge is -2.18. The average Bonchev–Trinajstić information content (AvgIpc) is 3.13. The van der Waals surface area contributed by atoms with E-state index < -0.39 is 36.3 Å². The molecule has 2 N–H and O–H groups in total. The highest BCUT2D eigenvalue weighted by Gasteiger charge is 2.27. The van der Waals surface area contributed by atoms with E-state index in [1.165, 1.54) is 18.9 Å². The summed E-state index contributed by atoms with van der Waals surface area (Å²) in [4.78, 5) is 53.2. The van der Waals surface area contributed by atoms with Crippen molar-refractivity contribution in [2.75, 3.05) is 32.3 Å². The summed E-state index contributed by atoms with van der Waals surface area (Å²) in [6, 6.07) is 5.72. The maximum atomic E-state index is 12.7. The number of esters is 2. The largest absolute Gasteiger partial charge is 0.496 e. The molecule has 0 aliphatic heterocycles. The fourth-order valence-electron chi connectivity index (χ4n) is 3.40. The van der Waals surface area contributed by atoms with Gasteiger partial charge in [0.25, 0.3) is 5.91 Å². The molecule has 0 saturated heterocycles. The van der Waals surface area contributed by atoms with Crippen LogP contribution < -0.4 is 10.1 Å². The van der Waals surface area contributed by atoms with Gasteiger partial charge in [-0.3, -0.25) is 9.59 Å². The lowest BCUT2D eigenvalue weighted by Crippen LogP contribution is -2.43. The minimum atomic E-state index is -0.945. The number of rotatable bonds is 12. The minimum absolute atomic E-state index is 0.173. The molecule has 0 aliphatic carbocycles. The summed E-state index contributed by atoms with van der Waals surface area (Å²) < 4.78 is 15.5. The third-order valence-corrected chi connectivity index (χ3v) is 5.74. The van der Waals surface area contributed by atoms with Crippen LogP contribution in [0.15, 0.2) is 24.3 Å². The van der Waals surface area contributed by atoms with Gasteiger partial charge in [-0.15, -0.1) is 0 Å². The maximum Gasteiger partial charge on any atom is 0.340 e. The van der Waals surface area contributed by atoms with Crippen LogP contribution in [0.4, 0.5) is 0 Å². The first kappa shape index (κ1) is 27.0. The predicted octanol–water partition coefficient (Wildman–Crippen LogP) is 3.09. The number of aromatic amines is 1. The normalized spacial score (nSPS) is 11.4. The predicted molar refractivity (Wildman–Crippen MR) is 129 cm³/mol. The standard InChI is InChI=1S/C24H30N2O7S/c1-6-32-24(30)20-14(2)21(25-15(20)3)18(27)13-33-23(29)17(11-12-34-5)26-22(28)16-9-7-8-10-19(16)31-4/h7-10,17,25H,6,11-13H2,1-5H3,(H,26,28)/t17-/m0/s1. The summed E-state index contributed by atoms with van der Waals surface area (Å²) in [7, 11) is 1.45. The molecule has 1 heterocycles. The molecule has 9 nitrogen and oxygen atoms in total. The Labute approximate surface area is 202 Å². The molecule has 34 heavy (non-hydrogen) atoms. The van der Waals surface area contributed by atoms with E-state index in [1.54, 1.807) is 45.0 Å². The molecule has 0 unspecified atom stereocenters. The van der Waals surface area contributed by atoms with Crippen LogP contribution in [0, 0.1) is 13.8 Å². The average molecular weight is 491 g/mol. The topological polar surface area (TPSA) is 124 Å². The maximum absolute atomic E-state index is 12.7. The SMILES string of the molecule is CCOC(=O)c1c(C)[nH]c(C(=O)COC(=O)[C@H](CCSC)NC(=O)c2ccccc2OC)c1C. The number of nitrogens with one attached hydrogen (secondary N) is 2. The number of H-pyrrole nitrogens is 1. The van der Waals surface area contributed by atoms with E-state index >= 15 is 0 Å². The number of carbonyl (C=O) groups excluding carboxylic acids is 4. The van der Waals surface area contributed by atoms with Crippen LogP contribution in [0.1, 0.15) is 55.8 Å². The van der Waals surface area contributed by atoms with E-state index in [9.17, 15) is 19.2 Å². The van der Waals surface area contributed by atoms with Gasteiger partial charge in [0.1, 0.15) is 11.8 Å². The van der Waals surface area contributed by atoms with Gasteiger partial charge in [0.05, 0.1) is 30.5 Å². The van der Waals surface area contributed by atoms with Crippen molar-refractivity contribution in [3.05, 3.63) is 52.3 Å². The number of aromatic nitrogens is 1. The lowest BCUT2D eigenvalue weighted by atomic mass is 10.1. The van der Waals surface area contributed by atoms with E-state index in [1.807, 2.05) is 6.26 Å². The number of hydrogen-bond donors (Lipinski definition) is 2. The first-order valence-corrected chi connectivity index (χ1v) is 12.1. The monoisotopic (exact) mass is 490 g/mol. The summed E-state index contributed by atoms with van der Waals surface area (Å²) in [6.07, 6.45) is 2.20. The van der Waals surface area contributed by atoms with Gasteiger partial charge in [-0.05, 0) is 56.9 Å². The van der Waals surface area contributed by atoms with E-state index in [0.717, 1.165) is 0 Å². The molecule has 0 aliphatic rings. The molecule has 1 aromatic heterocycles. The number of amides is 1. The summed E-state index contributed by atoms with van der Waals surface area (Å²) in [5.74, 6) is -1.26. The molecule has 1 atom stereocenters. The molecule has 184 valence electrons. The van der Waals surface area contributed by atoms with Crippen molar-refractivity contribution >= 4 is 35.4 Å². The molecule has 0 spiro atoms. The highest BCUT2D eigenvalue weighted by molar-refractivity contribution is 7.98. The van der Waals surface area contributed by atoms with Crippen LogP contribution in [-0.2, 0) is 14.3 Å². The van der Waals surface area contributed by atoms with Crippen molar-refractivity contribution in [2.24, 2.45) is 0 Å². The molecule has 0 saturated carbocycles. The number of Topliss-reactive ketones (excluding diaryl/α,β-unsaturated/α-hetero) is 1. The van der Waals surface area contributed by atoms with E-state index in [-0.39, 0.29) is 17.9 Å². The number of ether oxygens (including phenoxy) is 3. The third-order valence-electron chi connectivity index (χ3n) is 5.09. The Bertz CT molecular complexity index is 1050. The Morgan fingerprint density at radius 2 is 1.82 bits per heavy atom. The highest BCUT2D eigenvalue weighted by atomic mass is 32.2. The lowest BCUT2D eigenvalue weighted by molar-refractivity contribution is -0.144. The molecular formula is C24H30N2O7S. The molecule has 10 heteroatoms. The van der Waals surface area contributed by atoms with Crippen molar-refractivity contribution in [3.8, 4) is 5.75 Å². The van der Waals surface area contributed by atoms with Crippen LogP contribution in [-0.4, -0.2) is 67.0 Å². The molecule has 1 aromatic carbocycles. The van der Waals surface area contributed by atoms with Crippen LogP contribution in [0.2, 0.25) is 0 Å². The number of para-hydroxylation sites is 1. The number of methoxy groups -OCH3 is 1. The first-order valence-electron chi connectivity index (χ1n) is 10.7. The number of hydrogen-bond acceptors (Lipinski definition) is 8. The van der Waals surface area contributed by atoms with Crippen LogP contribution in [0.3, 0.4) is 0 Å². The first-order chi connectivity index (χ1) is 16.2. The van der Waals surface area contributed by atoms with E-state index in [0.29, 0.717) is 34.7 Å². The van der Waals surface area contributed by atoms with Gasteiger partial charge in [0, 0.05) is 5.69 Å². The van der Waals surface area contributed by atoms with Gasteiger partial charge in [0.2, 0.25) is 5.78 Å². The molecular weight excluding hydrogens is 460 g/mol. The quantitative estimate of drug-likeness (QED) is 0.344. The van der Waals surface area contributed by atoms with Gasteiger partial charge < -0.3 is 24.5 Å². The summed E-state index contributed by atoms with van der Waals surface area (Å²) in [5, 5.41) is 2.67. The summed E-state index contributed by atoms with van der Waals surface area (Å²) in [6.45, 7) is 4.65. The van der Waals surface area contributed by atoms with Gasteiger partial charge in [-0.1, -0.05) is 12.1 Å². The zero-order valence-electron chi connectivity index (χ0n) is 20.0. The zero-order chi connectivity index (χ0) is 25.3. The number of aryl methyl sites for hydroxylation is 1. The van der Waals surface area contributed by atoms with Crippen molar-refractivity contribution in [1.29, 1.82) is 0 Å². The van der Waals surface area contributed by atoms with Crippen molar-refractivity contribution in [3.63, 3.8) is 0 Å². The van der Waals surface area contributed by atoms with Crippen LogP contribution in [0.25, 0.3) is 0 Å². The van der Waals surface area contributed by atoms with E-state index in [2.05, 4.69) is 10.3 Å². The summed E-state index contributed by atoms with van der Waals surface area (Å²) >= 11 is 1.51. The van der Waals surface area contributed by atoms with Crippen molar-refractivity contribution in [1.82, 2.24) is 10.3 Å². The van der Waals surface area contributed by atoms with Crippen LogP contribution in [0.5, 0.6) is 5.75 Å². The minimum Gasteiger partial charge on any atom is -0.496 e. The Morgan fingerprint density at radius 1 is 1.12 bits per heavy atom. The molecule has 2 aromatic rings. The molecule has 2 rings (SSSR count). The second-order valence-corrected chi connectivity index (χ2v) is 8.37. The smallest absolute Gasteiger partial charge is 0.340 e. The zero-order valence-corrected chi connectivity index (χ0v) is 20.8. The molecule has 1 amide bonds. The van der Waals surface area contributed by atoms with Crippen molar-refractivity contribution < 1.29 is 33.4 Å². The highest BCUT2D eigenvalue weighted by Crippen LogP contribution is 2.20. The second kappa shape index (κ2) is 12.8. The van der Waals surface area contributed by atoms with Gasteiger partial charge in [0.15, 0.2) is 6.61 Å². The third kappa shape index (κ3) is 6.63. The van der Waals surface area contributed by atoms with Crippen LogP contribution >= 0.6 is 11.8 Å². The Morgan fingerprint density at radius 3 is 2.47 bits per heavy atom. The van der Waals surface area contributed by atoms with E-state index in [4.69, 9.17) is 14.2 Å². The van der Waals surface area contributed by atoms with Gasteiger partial charge in [-0.2, -0.15) is 11.8 Å². The molecule has 0 bridgehead atoms. The molecule has 0 fully saturated rings. The Hall–Kier alpha value is -3.27. The fourth-order valence-corrected chi connectivity index (χ4v) is 3.87. The van der Waals surface area contributed by atoms with Gasteiger partial charge in [-0.25, -0.2) is 9.59 Å². The second-order valence-electron chi connectivity index (χ2n) is 7.38. The Kier molecular flexibility index (Phi) is 10.2. The van der Waals surface area contributed by atoms with Crippen molar-refractivity contribution in [2.45, 2.75) is 33.2 Å². The Balaban J connectivity index is 2.10. The fraction of sp³-hybridized carbons (Fsp3) is 0.417. The number of thioether (sulfide) groups is 1. The number of ketones is 1. The molecule has 0 radical (unpaired) electrons. The summed E-state index contributed by atoms with van der Waals surface area (Å²) in [5.41, 5.74) is 1.67.